The largest absolute Gasteiger partial charge is 0.482 e. The van der Waals surface area contributed by atoms with Crippen LogP contribution in [0.1, 0.15) is 20.3 Å². The van der Waals surface area contributed by atoms with Gasteiger partial charge in [-0.1, -0.05) is 31.9 Å². The number of rotatable bonds is 7. The fraction of sp³-hybridized carbons (Fsp3) is 0.429. The van der Waals surface area contributed by atoms with E-state index in [1.165, 1.54) is 6.07 Å². The topological polar surface area (TPSA) is 75.6 Å². The zero-order valence-corrected chi connectivity index (χ0v) is 12.5. The number of hydrogen-bond donors (Lipinski definition) is 2. The van der Waals surface area contributed by atoms with Crippen LogP contribution in [0.2, 0.25) is 5.02 Å². The summed E-state index contributed by atoms with van der Waals surface area (Å²) < 4.78 is 18.0. The fourth-order valence-electron chi connectivity index (χ4n) is 1.63. The van der Waals surface area contributed by atoms with Crippen LogP contribution < -0.4 is 10.1 Å². The molecule has 0 aromatic heterocycles. The Labute approximate surface area is 127 Å². The van der Waals surface area contributed by atoms with Crippen molar-refractivity contribution in [3.63, 3.8) is 0 Å². The van der Waals surface area contributed by atoms with E-state index in [0.717, 1.165) is 12.1 Å². The number of carbonyl (C=O) groups is 2. The fourth-order valence-corrected chi connectivity index (χ4v) is 1.86. The van der Waals surface area contributed by atoms with E-state index in [2.05, 4.69) is 5.32 Å². The second kappa shape index (κ2) is 7.83. The Morgan fingerprint density at radius 2 is 2.14 bits per heavy atom. The van der Waals surface area contributed by atoms with E-state index in [4.69, 9.17) is 21.4 Å². The molecule has 1 rings (SSSR count). The first-order valence-electron chi connectivity index (χ1n) is 6.45. The van der Waals surface area contributed by atoms with Crippen LogP contribution in [0, 0.1) is 11.7 Å². The minimum atomic E-state index is -1.10. The molecule has 0 radical (unpaired) electrons. The quantitative estimate of drug-likeness (QED) is 0.810. The number of carboxylic acids is 1. The van der Waals surface area contributed by atoms with E-state index >= 15 is 0 Å². The van der Waals surface area contributed by atoms with Crippen molar-refractivity contribution in [1.29, 1.82) is 0 Å². The van der Waals surface area contributed by atoms with Crippen molar-refractivity contribution < 1.29 is 23.8 Å². The van der Waals surface area contributed by atoms with Crippen molar-refractivity contribution in [2.75, 3.05) is 6.61 Å². The van der Waals surface area contributed by atoms with Crippen molar-refractivity contribution >= 4 is 23.5 Å². The Bertz CT molecular complexity index is 524. The molecule has 2 atom stereocenters. The van der Waals surface area contributed by atoms with Gasteiger partial charge in [-0.15, -0.1) is 0 Å². The van der Waals surface area contributed by atoms with Gasteiger partial charge in [-0.05, 0) is 24.1 Å². The van der Waals surface area contributed by atoms with Crippen LogP contribution in [0.4, 0.5) is 4.39 Å². The first-order valence-corrected chi connectivity index (χ1v) is 6.83. The molecule has 21 heavy (non-hydrogen) atoms. The molecule has 0 aliphatic carbocycles. The van der Waals surface area contributed by atoms with Gasteiger partial charge in [0, 0.05) is 0 Å². The third-order valence-corrected chi connectivity index (χ3v) is 3.34. The van der Waals surface area contributed by atoms with Gasteiger partial charge in [0.25, 0.3) is 5.91 Å². The first-order chi connectivity index (χ1) is 9.85. The predicted octanol–water partition coefficient (Wildman–Crippen LogP) is 2.47. The molecule has 0 bridgehead atoms. The number of hydrogen-bond acceptors (Lipinski definition) is 3. The molecule has 116 valence electrons. The Hall–Kier alpha value is -1.82. The normalized spacial score (nSPS) is 13.3. The molecule has 0 saturated carbocycles. The SMILES string of the molecule is CCC(C)C(NC(=O)COc1ccc(F)cc1Cl)C(=O)O. The average Bonchev–Trinajstić information content (AvgIpc) is 2.42. The van der Waals surface area contributed by atoms with Crippen LogP contribution >= 0.6 is 11.6 Å². The maximum absolute atomic E-state index is 12.9. The third-order valence-electron chi connectivity index (χ3n) is 3.05. The summed E-state index contributed by atoms with van der Waals surface area (Å²) >= 11 is 5.75. The summed E-state index contributed by atoms with van der Waals surface area (Å²) in [4.78, 5) is 22.8. The molecule has 5 nitrogen and oxygen atoms in total. The Balaban J connectivity index is 2.58. The molecule has 0 fully saturated rings. The van der Waals surface area contributed by atoms with E-state index in [1.54, 1.807) is 6.92 Å². The number of carbonyl (C=O) groups excluding carboxylic acids is 1. The average molecular weight is 318 g/mol. The molecule has 0 spiro atoms. The second-order valence-electron chi connectivity index (χ2n) is 4.63. The maximum atomic E-state index is 12.9. The van der Waals surface area contributed by atoms with Gasteiger partial charge in [-0.2, -0.15) is 0 Å². The second-order valence-corrected chi connectivity index (χ2v) is 5.04. The van der Waals surface area contributed by atoms with Crippen molar-refractivity contribution in [2.45, 2.75) is 26.3 Å². The summed E-state index contributed by atoms with van der Waals surface area (Å²) in [5, 5.41) is 11.5. The summed E-state index contributed by atoms with van der Waals surface area (Å²) in [7, 11) is 0. The van der Waals surface area contributed by atoms with E-state index < -0.39 is 30.3 Å². The molecule has 0 aliphatic rings. The zero-order chi connectivity index (χ0) is 16.0. The van der Waals surface area contributed by atoms with Crippen LogP contribution in [0.25, 0.3) is 0 Å². The first kappa shape index (κ1) is 17.2. The highest BCUT2D eigenvalue weighted by molar-refractivity contribution is 6.32. The number of amides is 1. The van der Waals surface area contributed by atoms with Crippen molar-refractivity contribution in [3.8, 4) is 5.75 Å². The van der Waals surface area contributed by atoms with E-state index in [1.807, 2.05) is 6.92 Å². The van der Waals surface area contributed by atoms with E-state index in [-0.39, 0.29) is 16.7 Å². The number of carboxylic acid groups (broad SMARTS) is 1. The minimum absolute atomic E-state index is 0.0412. The molecule has 1 aromatic carbocycles. The number of ether oxygens (including phenoxy) is 1. The molecular weight excluding hydrogens is 301 g/mol. The van der Waals surface area contributed by atoms with Gasteiger partial charge in [0.1, 0.15) is 17.6 Å². The van der Waals surface area contributed by atoms with Crippen LogP contribution in [0.3, 0.4) is 0 Å². The van der Waals surface area contributed by atoms with Crippen LogP contribution in [-0.2, 0) is 9.59 Å². The molecule has 2 N–H and O–H groups in total. The molecule has 0 heterocycles. The highest BCUT2D eigenvalue weighted by Gasteiger charge is 2.25. The number of aliphatic carboxylic acids is 1. The standard InChI is InChI=1S/C14H17ClFNO4/c1-3-8(2)13(14(19)20)17-12(18)7-21-11-5-4-9(16)6-10(11)15/h4-6,8,13H,3,7H2,1-2H3,(H,17,18)(H,19,20). The van der Waals surface area contributed by atoms with Crippen molar-refractivity contribution in [2.24, 2.45) is 5.92 Å². The van der Waals surface area contributed by atoms with E-state index in [9.17, 15) is 14.0 Å². The Kier molecular flexibility index (Phi) is 6.42. The van der Waals surface area contributed by atoms with Gasteiger partial charge < -0.3 is 15.2 Å². The zero-order valence-electron chi connectivity index (χ0n) is 11.7. The van der Waals surface area contributed by atoms with Gasteiger partial charge >= 0.3 is 5.97 Å². The highest BCUT2D eigenvalue weighted by atomic mass is 35.5. The van der Waals surface area contributed by atoms with Crippen LogP contribution in [0.15, 0.2) is 18.2 Å². The van der Waals surface area contributed by atoms with Crippen LogP contribution in [0.5, 0.6) is 5.75 Å². The van der Waals surface area contributed by atoms with Crippen molar-refractivity contribution in [1.82, 2.24) is 5.32 Å². The molecule has 0 aliphatic heterocycles. The van der Waals surface area contributed by atoms with Gasteiger partial charge in [-0.25, -0.2) is 9.18 Å². The monoisotopic (exact) mass is 317 g/mol. The summed E-state index contributed by atoms with van der Waals surface area (Å²) in [5.41, 5.74) is 0. The Morgan fingerprint density at radius 1 is 1.48 bits per heavy atom. The van der Waals surface area contributed by atoms with Gasteiger partial charge in [0.2, 0.25) is 0 Å². The summed E-state index contributed by atoms with van der Waals surface area (Å²) in [6.45, 7) is 3.17. The molecule has 7 heteroatoms. The lowest BCUT2D eigenvalue weighted by Gasteiger charge is -2.20. The smallest absolute Gasteiger partial charge is 0.326 e. The lowest BCUT2D eigenvalue weighted by molar-refractivity contribution is -0.143. The molecule has 0 saturated heterocycles. The van der Waals surface area contributed by atoms with Gasteiger partial charge in [0.15, 0.2) is 6.61 Å². The summed E-state index contributed by atoms with van der Waals surface area (Å²) in [6.07, 6.45) is 0.613. The van der Waals surface area contributed by atoms with Gasteiger partial charge in [-0.3, -0.25) is 4.79 Å². The van der Waals surface area contributed by atoms with Crippen molar-refractivity contribution in [3.05, 3.63) is 29.0 Å². The third kappa shape index (κ3) is 5.23. The lowest BCUT2D eigenvalue weighted by atomic mass is 9.99. The molecule has 1 aromatic rings. The number of benzene rings is 1. The molecule has 2 unspecified atom stereocenters. The number of halogens is 2. The van der Waals surface area contributed by atoms with Crippen LogP contribution in [-0.4, -0.2) is 29.6 Å². The molecule has 1 amide bonds. The molecular formula is C14H17ClFNO4. The predicted molar refractivity (Wildman–Crippen MR) is 75.9 cm³/mol. The lowest BCUT2D eigenvalue weighted by Crippen LogP contribution is -2.46. The Morgan fingerprint density at radius 3 is 2.67 bits per heavy atom. The van der Waals surface area contributed by atoms with Gasteiger partial charge in [0.05, 0.1) is 5.02 Å². The highest BCUT2D eigenvalue weighted by Crippen LogP contribution is 2.24. The minimum Gasteiger partial charge on any atom is -0.482 e. The summed E-state index contributed by atoms with van der Waals surface area (Å²) in [5.74, 6) is -2.25. The number of nitrogens with one attached hydrogen (secondary N) is 1. The maximum Gasteiger partial charge on any atom is 0.326 e. The summed E-state index contributed by atoms with van der Waals surface area (Å²) in [6, 6.07) is 2.54. The van der Waals surface area contributed by atoms with E-state index in [0.29, 0.717) is 6.42 Å².